The van der Waals surface area contributed by atoms with Gasteiger partial charge in [0, 0.05) is 19.3 Å². The van der Waals surface area contributed by atoms with E-state index < -0.39 is 10.0 Å². The van der Waals surface area contributed by atoms with Crippen LogP contribution in [0.3, 0.4) is 0 Å². The summed E-state index contributed by atoms with van der Waals surface area (Å²) in [6, 6.07) is 10.6. The fourth-order valence-corrected chi connectivity index (χ4v) is 3.44. The predicted molar refractivity (Wildman–Crippen MR) is 88.5 cm³/mol. The molecule has 0 aliphatic rings. The maximum atomic E-state index is 12.3. The SMILES string of the molecule is Cc1ccc(S(=O)(=O)NCCNc2ncccc2C#N)c(C)c1. The Hall–Kier alpha value is -2.43. The van der Waals surface area contributed by atoms with Gasteiger partial charge in [0.25, 0.3) is 0 Å². The molecule has 0 amide bonds. The molecule has 23 heavy (non-hydrogen) atoms. The summed E-state index contributed by atoms with van der Waals surface area (Å²) in [5, 5.41) is 11.9. The maximum absolute atomic E-state index is 12.3. The molecule has 0 radical (unpaired) electrons. The van der Waals surface area contributed by atoms with Crippen molar-refractivity contribution in [2.24, 2.45) is 0 Å². The molecule has 120 valence electrons. The van der Waals surface area contributed by atoms with Gasteiger partial charge >= 0.3 is 0 Å². The van der Waals surface area contributed by atoms with Crippen molar-refractivity contribution in [1.82, 2.24) is 9.71 Å². The average molecular weight is 330 g/mol. The third-order valence-electron chi connectivity index (χ3n) is 3.26. The second kappa shape index (κ2) is 7.22. The number of aromatic nitrogens is 1. The standard InChI is InChI=1S/C16H18N4O2S/c1-12-5-6-15(13(2)10-12)23(21,22)20-9-8-19-16-14(11-17)4-3-7-18-16/h3-7,10,20H,8-9H2,1-2H3,(H,18,19). The molecule has 7 heteroatoms. The Kier molecular flexibility index (Phi) is 5.32. The highest BCUT2D eigenvalue weighted by atomic mass is 32.2. The monoisotopic (exact) mass is 330 g/mol. The number of anilines is 1. The van der Waals surface area contributed by atoms with Crippen LogP contribution in [0, 0.1) is 25.2 Å². The van der Waals surface area contributed by atoms with E-state index in [-0.39, 0.29) is 11.4 Å². The van der Waals surface area contributed by atoms with E-state index in [1.165, 1.54) is 0 Å². The molecule has 2 rings (SSSR count). The van der Waals surface area contributed by atoms with Crippen LogP contribution >= 0.6 is 0 Å². The highest BCUT2D eigenvalue weighted by molar-refractivity contribution is 7.89. The van der Waals surface area contributed by atoms with E-state index >= 15 is 0 Å². The number of hydrogen-bond donors (Lipinski definition) is 2. The van der Waals surface area contributed by atoms with Crippen molar-refractivity contribution >= 4 is 15.8 Å². The van der Waals surface area contributed by atoms with Gasteiger partial charge in [-0.3, -0.25) is 0 Å². The van der Waals surface area contributed by atoms with E-state index in [4.69, 9.17) is 5.26 Å². The number of sulfonamides is 1. The second-order valence-corrected chi connectivity index (χ2v) is 6.84. The van der Waals surface area contributed by atoms with Crippen LogP contribution in [0.15, 0.2) is 41.4 Å². The van der Waals surface area contributed by atoms with Crippen molar-refractivity contribution in [3.8, 4) is 6.07 Å². The molecule has 0 aliphatic carbocycles. The van der Waals surface area contributed by atoms with Crippen LogP contribution in [0.1, 0.15) is 16.7 Å². The Balaban J connectivity index is 1.97. The number of benzene rings is 1. The number of nitrogens with zero attached hydrogens (tertiary/aromatic N) is 2. The van der Waals surface area contributed by atoms with Gasteiger partial charge in [-0.25, -0.2) is 18.1 Å². The quantitative estimate of drug-likeness (QED) is 0.790. The predicted octanol–water partition coefficient (Wildman–Crippen LogP) is 1.96. The number of nitriles is 1. The Bertz CT molecular complexity index is 841. The van der Waals surface area contributed by atoms with Crippen LogP contribution in [0.25, 0.3) is 0 Å². The van der Waals surface area contributed by atoms with Crippen molar-refractivity contribution in [3.05, 3.63) is 53.2 Å². The second-order valence-electron chi connectivity index (χ2n) is 5.10. The lowest BCUT2D eigenvalue weighted by atomic mass is 10.2. The molecule has 0 spiro atoms. The molecule has 0 unspecified atom stereocenters. The minimum Gasteiger partial charge on any atom is -0.368 e. The van der Waals surface area contributed by atoms with Crippen LogP contribution in [-0.4, -0.2) is 26.5 Å². The summed E-state index contributed by atoms with van der Waals surface area (Å²) in [5.74, 6) is 0.445. The van der Waals surface area contributed by atoms with Gasteiger partial charge < -0.3 is 5.32 Å². The Labute approximate surface area is 136 Å². The zero-order chi connectivity index (χ0) is 16.9. The molecule has 0 saturated heterocycles. The van der Waals surface area contributed by atoms with Crippen LogP contribution in [-0.2, 0) is 10.0 Å². The van der Waals surface area contributed by atoms with Gasteiger partial charge in [-0.05, 0) is 37.6 Å². The molecule has 0 fully saturated rings. The molecule has 1 aromatic carbocycles. The topological polar surface area (TPSA) is 94.9 Å². The molecular weight excluding hydrogens is 312 g/mol. The first-order valence-corrected chi connectivity index (χ1v) is 8.58. The number of aryl methyl sites for hydroxylation is 2. The summed E-state index contributed by atoms with van der Waals surface area (Å²) in [6.07, 6.45) is 1.57. The zero-order valence-corrected chi connectivity index (χ0v) is 13.8. The number of rotatable bonds is 6. The van der Waals surface area contributed by atoms with Gasteiger partial charge in [0.05, 0.1) is 10.5 Å². The third kappa shape index (κ3) is 4.28. The van der Waals surface area contributed by atoms with E-state index in [9.17, 15) is 8.42 Å². The third-order valence-corrected chi connectivity index (χ3v) is 4.88. The lowest BCUT2D eigenvalue weighted by Gasteiger charge is -2.11. The highest BCUT2D eigenvalue weighted by Crippen LogP contribution is 2.16. The van der Waals surface area contributed by atoms with Crippen molar-refractivity contribution in [2.75, 3.05) is 18.4 Å². The van der Waals surface area contributed by atoms with Gasteiger partial charge in [0.15, 0.2) is 0 Å². The smallest absolute Gasteiger partial charge is 0.240 e. The largest absolute Gasteiger partial charge is 0.368 e. The number of pyridine rings is 1. The summed E-state index contributed by atoms with van der Waals surface area (Å²) >= 11 is 0. The minimum atomic E-state index is -3.55. The normalized spacial score (nSPS) is 11.0. The highest BCUT2D eigenvalue weighted by Gasteiger charge is 2.15. The molecule has 0 atom stereocenters. The summed E-state index contributed by atoms with van der Waals surface area (Å²) in [7, 11) is -3.55. The van der Waals surface area contributed by atoms with Crippen LogP contribution in [0.5, 0.6) is 0 Å². The fraction of sp³-hybridized carbons (Fsp3) is 0.250. The van der Waals surface area contributed by atoms with Crippen molar-refractivity contribution in [3.63, 3.8) is 0 Å². The molecule has 6 nitrogen and oxygen atoms in total. The summed E-state index contributed by atoms with van der Waals surface area (Å²) in [5.41, 5.74) is 2.15. The average Bonchev–Trinajstić information content (AvgIpc) is 2.51. The lowest BCUT2D eigenvalue weighted by Crippen LogP contribution is -2.29. The van der Waals surface area contributed by atoms with Gasteiger partial charge in [-0.15, -0.1) is 0 Å². The van der Waals surface area contributed by atoms with Gasteiger partial charge in [0.2, 0.25) is 10.0 Å². The fourth-order valence-electron chi connectivity index (χ4n) is 2.18. The maximum Gasteiger partial charge on any atom is 0.240 e. The summed E-state index contributed by atoms with van der Waals surface area (Å²) in [4.78, 5) is 4.33. The van der Waals surface area contributed by atoms with Crippen molar-refractivity contribution < 1.29 is 8.42 Å². The molecular formula is C16H18N4O2S. The van der Waals surface area contributed by atoms with Crippen LogP contribution < -0.4 is 10.0 Å². The van der Waals surface area contributed by atoms with Gasteiger partial charge in [0.1, 0.15) is 11.9 Å². The van der Waals surface area contributed by atoms with Crippen LogP contribution in [0.2, 0.25) is 0 Å². The first kappa shape index (κ1) is 16.9. The molecule has 0 bridgehead atoms. The van der Waals surface area contributed by atoms with E-state index in [0.717, 1.165) is 5.56 Å². The minimum absolute atomic E-state index is 0.192. The molecule has 2 N–H and O–H groups in total. The van der Waals surface area contributed by atoms with Gasteiger partial charge in [-0.1, -0.05) is 17.7 Å². The Morgan fingerprint density at radius 1 is 1.22 bits per heavy atom. The Morgan fingerprint density at radius 3 is 2.70 bits per heavy atom. The molecule has 2 aromatic rings. The van der Waals surface area contributed by atoms with Crippen LogP contribution in [0.4, 0.5) is 5.82 Å². The molecule has 0 aliphatic heterocycles. The summed E-state index contributed by atoms with van der Waals surface area (Å²) < 4.78 is 27.1. The van der Waals surface area contributed by atoms with Crippen molar-refractivity contribution in [2.45, 2.75) is 18.7 Å². The van der Waals surface area contributed by atoms with E-state index in [0.29, 0.717) is 23.5 Å². The van der Waals surface area contributed by atoms with E-state index in [1.807, 2.05) is 19.1 Å². The Morgan fingerprint density at radius 2 is 2.00 bits per heavy atom. The van der Waals surface area contributed by atoms with Gasteiger partial charge in [-0.2, -0.15) is 5.26 Å². The number of hydrogen-bond acceptors (Lipinski definition) is 5. The number of nitrogens with one attached hydrogen (secondary N) is 2. The first-order valence-electron chi connectivity index (χ1n) is 7.10. The lowest BCUT2D eigenvalue weighted by molar-refractivity contribution is 0.582. The zero-order valence-electron chi connectivity index (χ0n) is 13.0. The molecule has 0 saturated carbocycles. The molecule has 1 aromatic heterocycles. The van der Waals surface area contributed by atoms with E-state index in [2.05, 4.69) is 15.0 Å². The molecule has 1 heterocycles. The first-order chi connectivity index (χ1) is 10.9. The summed E-state index contributed by atoms with van der Waals surface area (Å²) in [6.45, 7) is 4.21. The van der Waals surface area contributed by atoms with E-state index in [1.54, 1.807) is 37.4 Å². The van der Waals surface area contributed by atoms with Crippen molar-refractivity contribution in [1.29, 1.82) is 5.26 Å².